The van der Waals surface area contributed by atoms with Crippen LogP contribution < -0.4 is 5.19 Å². The molecule has 0 aliphatic carbocycles. The zero-order valence-corrected chi connectivity index (χ0v) is 13.5. The monoisotopic (exact) mass is 275 g/mol. The molecule has 0 aliphatic rings. The number of hydrogen-bond donors (Lipinski definition) is 0. The Bertz CT molecular complexity index is 579. The average molecular weight is 275 g/mol. The van der Waals surface area contributed by atoms with Crippen molar-refractivity contribution >= 4 is 13.3 Å². The fourth-order valence-electron chi connectivity index (χ4n) is 1.62. The van der Waals surface area contributed by atoms with Gasteiger partial charge in [-0.3, -0.25) is 0 Å². The maximum Gasteiger partial charge on any atom is 0.198 e. The maximum absolute atomic E-state index is 5.63. The van der Waals surface area contributed by atoms with E-state index in [9.17, 15) is 0 Å². The second-order valence-corrected chi connectivity index (χ2v) is 11.9. The quantitative estimate of drug-likeness (QED) is 0.791. The summed E-state index contributed by atoms with van der Waals surface area (Å²) in [6, 6.07) is 2.06. The van der Waals surface area contributed by atoms with Crippen LogP contribution in [-0.4, -0.2) is 23.0 Å². The molecule has 0 saturated heterocycles. The third-order valence-electron chi connectivity index (χ3n) is 2.93. The summed E-state index contributed by atoms with van der Waals surface area (Å²) >= 11 is 0. The first-order valence-electron chi connectivity index (χ1n) is 6.47. The normalized spacial score (nSPS) is 12.7. The molecule has 2 rings (SSSR count). The molecule has 0 atom stereocenters. The van der Waals surface area contributed by atoms with Gasteiger partial charge in [0.25, 0.3) is 0 Å². The number of hydrogen-bond acceptors (Lipinski definition) is 4. The van der Waals surface area contributed by atoms with Crippen LogP contribution in [0.2, 0.25) is 19.6 Å². The minimum absolute atomic E-state index is 0.0914. The van der Waals surface area contributed by atoms with E-state index in [4.69, 9.17) is 4.42 Å². The summed E-state index contributed by atoms with van der Waals surface area (Å²) in [4.78, 5) is 13.0. The second kappa shape index (κ2) is 4.56. The van der Waals surface area contributed by atoms with E-state index in [-0.39, 0.29) is 5.41 Å². The van der Waals surface area contributed by atoms with Gasteiger partial charge in [0, 0.05) is 5.41 Å². The van der Waals surface area contributed by atoms with Gasteiger partial charge in [0.05, 0.1) is 14.3 Å². The zero-order valence-electron chi connectivity index (χ0n) is 12.5. The van der Waals surface area contributed by atoms with Crippen molar-refractivity contribution in [1.29, 1.82) is 0 Å². The number of nitrogens with zero attached hydrogens (tertiary/aromatic N) is 3. The molecule has 0 spiro atoms. The van der Waals surface area contributed by atoms with Crippen molar-refractivity contribution in [3.63, 3.8) is 0 Å². The van der Waals surface area contributed by atoms with Crippen molar-refractivity contribution < 1.29 is 4.42 Å². The first-order chi connectivity index (χ1) is 8.68. The molecule has 0 unspecified atom stereocenters. The van der Waals surface area contributed by atoms with Crippen LogP contribution in [0.1, 0.15) is 26.6 Å². The topological polar surface area (TPSA) is 51.8 Å². The second-order valence-electron chi connectivity index (χ2n) is 6.83. The summed E-state index contributed by atoms with van der Waals surface area (Å²) in [6.45, 7) is 13.1. The van der Waals surface area contributed by atoms with Crippen LogP contribution >= 0.6 is 0 Å². The Kier molecular flexibility index (Phi) is 3.34. The van der Waals surface area contributed by atoms with Crippen molar-refractivity contribution in [1.82, 2.24) is 15.0 Å². The molecule has 4 nitrogen and oxygen atoms in total. The van der Waals surface area contributed by atoms with E-state index in [2.05, 4.69) is 61.4 Å². The lowest BCUT2D eigenvalue weighted by molar-refractivity contribution is 0.536. The van der Waals surface area contributed by atoms with Gasteiger partial charge in [-0.1, -0.05) is 40.4 Å². The molecule has 5 heteroatoms. The van der Waals surface area contributed by atoms with Crippen molar-refractivity contribution in [3.05, 3.63) is 24.5 Å². The van der Waals surface area contributed by atoms with Crippen LogP contribution in [0.25, 0.3) is 11.6 Å². The van der Waals surface area contributed by atoms with E-state index in [1.165, 1.54) is 5.19 Å². The van der Waals surface area contributed by atoms with Crippen LogP contribution in [0.15, 0.2) is 23.1 Å². The fraction of sp³-hybridized carbons (Fsp3) is 0.500. The van der Waals surface area contributed by atoms with E-state index >= 15 is 0 Å². The van der Waals surface area contributed by atoms with Gasteiger partial charge in [-0.2, -0.15) is 0 Å². The van der Waals surface area contributed by atoms with Gasteiger partial charge in [-0.15, -0.1) is 0 Å². The SMILES string of the molecule is CC(C)(C)c1ncnc(-c2cc([Si](C)(C)C)co2)n1. The van der Waals surface area contributed by atoms with E-state index < -0.39 is 8.07 Å². The average Bonchev–Trinajstić information content (AvgIpc) is 2.77. The summed E-state index contributed by atoms with van der Waals surface area (Å²) in [5.74, 6) is 2.12. The Labute approximate surface area is 115 Å². The molecule has 0 fully saturated rings. The lowest BCUT2D eigenvalue weighted by atomic mass is 9.96. The molecule has 0 N–H and O–H groups in total. The summed E-state index contributed by atoms with van der Waals surface area (Å²) < 4.78 is 5.63. The molecule has 19 heavy (non-hydrogen) atoms. The Morgan fingerprint density at radius 1 is 1.11 bits per heavy atom. The van der Waals surface area contributed by atoms with Gasteiger partial charge in [0.15, 0.2) is 11.6 Å². The smallest absolute Gasteiger partial charge is 0.198 e. The summed E-state index contributed by atoms with van der Waals surface area (Å²) in [7, 11) is -1.36. The number of rotatable bonds is 2. The van der Waals surface area contributed by atoms with Gasteiger partial charge in [-0.05, 0) is 11.3 Å². The van der Waals surface area contributed by atoms with Gasteiger partial charge in [-0.25, -0.2) is 15.0 Å². The van der Waals surface area contributed by atoms with Gasteiger partial charge < -0.3 is 4.42 Å². The van der Waals surface area contributed by atoms with E-state index in [1.54, 1.807) is 6.33 Å². The Morgan fingerprint density at radius 2 is 1.79 bits per heavy atom. The maximum atomic E-state index is 5.63. The molecule has 2 aromatic heterocycles. The van der Waals surface area contributed by atoms with E-state index in [0.29, 0.717) is 5.82 Å². The molecule has 2 aromatic rings. The molecule has 0 radical (unpaired) electrons. The molecular weight excluding hydrogens is 254 g/mol. The highest BCUT2D eigenvalue weighted by molar-refractivity contribution is 6.88. The fourth-order valence-corrected chi connectivity index (χ4v) is 2.60. The predicted octanol–water partition coefficient (Wildman–Crippen LogP) is 2.97. The highest BCUT2D eigenvalue weighted by atomic mass is 28.3. The van der Waals surface area contributed by atoms with Crippen LogP contribution in [0, 0.1) is 0 Å². The first kappa shape index (κ1) is 13.9. The molecular formula is C14H21N3OSi. The Morgan fingerprint density at radius 3 is 2.32 bits per heavy atom. The minimum Gasteiger partial charge on any atom is -0.461 e. The third-order valence-corrected chi connectivity index (χ3v) is 4.92. The largest absolute Gasteiger partial charge is 0.461 e. The lowest BCUT2D eigenvalue weighted by Gasteiger charge is -2.15. The van der Waals surface area contributed by atoms with Crippen LogP contribution in [0.4, 0.5) is 0 Å². The highest BCUT2D eigenvalue weighted by Gasteiger charge is 2.22. The minimum atomic E-state index is -1.36. The molecule has 0 aromatic carbocycles. The zero-order chi connectivity index (χ0) is 14.3. The van der Waals surface area contributed by atoms with Crippen molar-refractivity contribution in [2.45, 2.75) is 45.8 Å². The van der Waals surface area contributed by atoms with Crippen LogP contribution in [-0.2, 0) is 5.41 Å². The van der Waals surface area contributed by atoms with E-state index in [0.717, 1.165) is 11.6 Å². The molecule has 0 bridgehead atoms. The Balaban J connectivity index is 2.40. The van der Waals surface area contributed by atoms with Crippen molar-refractivity contribution in [2.75, 3.05) is 0 Å². The first-order valence-corrected chi connectivity index (χ1v) is 9.97. The molecule has 0 saturated carbocycles. The van der Waals surface area contributed by atoms with E-state index in [1.807, 2.05) is 6.26 Å². The van der Waals surface area contributed by atoms with Crippen molar-refractivity contribution in [3.8, 4) is 11.6 Å². The molecule has 102 valence electrons. The lowest BCUT2D eigenvalue weighted by Crippen LogP contribution is -2.36. The van der Waals surface area contributed by atoms with Crippen LogP contribution in [0.5, 0.6) is 0 Å². The van der Waals surface area contributed by atoms with Gasteiger partial charge >= 0.3 is 0 Å². The summed E-state index contributed by atoms with van der Waals surface area (Å²) in [6.07, 6.45) is 3.39. The van der Waals surface area contributed by atoms with Crippen molar-refractivity contribution in [2.24, 2.45) is 0 Å². The highest BCUT2D eigenvalue weighted by Crippen LogP contribution is 2.21. The molecule has 2 heterocycles. The van der Waals surface area contributed by atoms with Gasteiger partial charge in [0.1, 0.15) is 12.2 Å². The number of furan rings is 1. The van der Waals surface area contributed by atoms with Crippen LogP contribution in [0.3, 0.4) is 0 Å². The molecule has 0 aliphatic heterocycles. The third kappa shape index (κ3) is 3.09. The predicted molar refractivity (Wildman–Crippen MR) is 79.2 cm³/mol. The van der Waals surface area contributed by atoms with Gasteiger partial charge in [0.2, 0.25) is 0 Å². The molecule has 0 amide bonds. The number of aromatic nitrogens is 3. The summed E-state index contributed by atoms with van der Waals surface area (Å²) in [5.41, 5.74) is -0.0914. The summed E-state index contributed by atoms with van der Waals surface area (Å²) in [5, 5.41) is 1.28. The Hall–Kier alpha value is -1.49. The standard InChI is InChI=1S/C14H21N3OSi/c1-14(2,3)13-16-9-15-12(17-13)11-7-10(8-18-11)19(4,5)6/h7-9H,1-6H3.